The van der Waals surface area contributed by atoms with E-state index in [9.17, 15) is 9.59 Å². The zero-order valence-corrected chi connectivity index (χ0v) is 23.5. The van der Waals surface area contributed by atoms with Crippen molar-refractivity contribution in [2.75, 3.05) is 35.0 Å². The van der Waals surface area contributed by atoms with Crippen LogP contribution in [-0.2, 0) is 14.3 Å². The van der Waals surface area contributed by atoms with Gasteiger partial charge in [-0.1, -0.05) is 25.5 Å². The van der Waals surface area contributed by atoms with E-state index in [0.717, 1.165) is 24.0 Å². The summed E-state index contributed by atoms with van der Waals surface area (Å²) in [4.78, 5) is 32.2. The summed E-state index contributed by atoms with van der Waals surface area (Å²) in [6, 6.07) is 11.2. The Labute approximate surface area is 230 Å². The third-order valence-corrected chi connectivity index (χ3v) is 7.54. The molecule has 0 radical (unpaired) electrons. The molecular formula is C31H37NO7. The number of hydrogen-bond acceptors (Lipinski definition) is 8. The highest BCUT2D eigenvalue weighted by molar-refractivity contribution is 6.09. The molecule has 8 nitrogen and oxygen atoms in total. The van der Waals surface area contributed by atoms with Gasteiger partial charge in [-0.2, -0.15) is 0 Å². The van der Waals surface area contributed by atoms with Crippen molar-refractivity contribution in [2.24, 2.45) is 10.9 Å². The molecule has 39 heavy (non-hydrogen) atoms. The molecule has 8 heteroatoms. The number of esters is 1. The molecule has 2 aromatic carbocycles. The second-order valence-electron chi connectivity index (χ2n) is 9.84. The molecule has 0 bridgehead atoms. The van der Waals surface area contributed by atoms with Crippen LogP contribution in [-0.4, -0.2) is 52.5 Å². The minimum atomic E-state index is -0.732. The van der Waals surface area contributed by atoms with Crippen molar-refractivity contribution in [3.8, 4) is 23.0 Å². The van der Waals surface area contributed by atoms with Crippen LogP contribution in [0.2, 0.25) is 0 Å². The number of benzene rings is 2. The van der Waals surface area contributed by atoms with Gasteiger partial charge in [0.25, 0.3) is 0 Å². The van der Waals surface area contributed by atoms with E-state index in [4.69, 9.17) is 28.7 Å². The number of nitrogens with zero attached hydrogens (tertiary/aromatic N) is 1. The molecule has 0 saturated carbocycles. The number of ketones is 1. The summed E-state index contributed by atoms with van der Waals surface area (Å²) in [7, 11) is 6.34. The summed E-state index contributed by atoms with van der Waals surface area (Å²) < 4.78 is 27.7. The summed E-state index contributed by atoms with van der Waals surface area (Å²) in [6.07, 6.45) is 2.52. The monoisotopic (exact) mass is 535 g/mol. The molecule has 1 unspecified atom stereocenters. The molecule has 1 aliphatic carbocycles. The van der Waals surface area contributed by atoms with Gasteiger partial charge in [-0.05, 0) is 49.4 Å². The van der Waals surface area contributed by atoms with Gasteiger partial charge < -0.3 is 23.7 Å². The van der Waals surface area contributed by atoms with Gasteiger partial charge in [0.1, 0.15) is 17.4 Å². The zero-order valence-electron chi connectivity index (χ0n) is 23.5. The Kier molecular flexibility index (Phi) is 8.94. The lowest BCUT2D eigenvalue weighted by molar-refractivity contribution is -0.146. The van der Waals surface area contributed by atoms with E-state index in [1.807, 2.05) is 44.2 Å². The van der Waals surface area contributed by atoms with E-state index in [1.54, 1.807) is 34.5 Å². The van der Waals surface area contributed by atoms with Gasteiger partial charge in [0, 0.05) is 41.0 Å². The molecule has 1 aliphatic heterocycles. The second-order valence-corrected chi connectivity index (χ2v) is 9.84. The van der Waals surface area contributed by atoms with Crippen LogP contribution in [0, 0.1) is 5.92 Å². The van der Waals surface area contributed by atoms with Crippen LogP contribution in [0.5, 0.6) is 23.0 Å². The highest BCUT2D eigenvalue weighted by Gasteiger charge is 2.45. The third kappa shape index (κ3) is 5.65. The standard InChI is InChI=1S/C31H37NO7/c1-7-8-13-39-31(34)28-18(2)32-23-14-20(19-9-12-25(36-4)27(16-19)38-6)15-24(33)30(23)29(28)22-11-10-21(35-3)17-26(22)37-5/h9-12,16-17,20,28-29H,7-8,13-15H2,1-6H3/t20-,28?,29-/m1/s1. The van der Waals surface area contributed by atoms with E-state index < -0.39 is 11.8 Å². The lowest BCUT2D eigenvalue weighted by atomic mass is 9.69. The highest BCUT2D eigenvalue weighted by atomic mass is 16.5. The van der Waals surface area contributed by atoms with Crippen molar-refractivity contribution in [3.63, 3.8) is 0 Å². The number of hydrogen-bond donors (Lipinski definition) is 0. The Morgan fingerprint density at radius 1 is 0.923 bits per heavy atom. The highest BCUT2D eigenvalue weighted by Crippen LogP contribution is 2.49. The Balaban J connectivity index is 1.79. The zero-order chi connectivity index (χ0) is 28.1. The fourth-order valence-corrected chi connectivity index (χ4v) is 5.53. The molecule has 2 aromatic rings. The predicted molar refractivity (Wildman–Crippen MR) is 148 cm³/mol. The normalized spacial score (nSPS) is 20.6. The van der Waals surface area contributed by atoms with Crippen molar-refractivity contribution in [2.45, 2.75) is 51.4 Å². The van der Waals surface area contributed by atoms with Gasteiger partial charge in [0.15, 0.2) is 17.3 Å². The first-order valence-electron chi connectivity index (χ1n) is 13.3. The van der Waals surface area contributed by atoms with Crippen LogP contribution < -0.4 is 18.9 Å². The van der Waals surface area contributed by atoms with Gasteiger partial charge in [-0.15, -0.1) is 0 Å². The smallest absolute Gasteiger partial charge is 0.315 e. The number of unbranched alkanes of at least 4 members (excludes halogenated alkanes) is 1. The summed E-state index contributed by atoms with van der Waals surface area (Å²) in [6.45, 7) is 4.20. The van der Waals surface area contributed by atoms with E-state index in [-0.39, 0.29) is 24.1 Å². The summed E-state index contributed by atoms with van der Waals surface area (Å²) in [5.74, 6) is 0.594. The molecule has 0 spiro atoms. The molecule has 0 aromatic heterocycles. The number of methoxy groups -OCH3 is 4. The van der Waals surface area contributed by atoms with Crippen LogP contribution in [0.4, 0.5) is 0 Å². The first-order chi connectivity index (χ1) is 18.9. The van der Waals surface area contributed by atoms with Gasteiger partial charge in [0.2, 0.25) is 0 Å². The van der Waals surface area contributed by atoms with E-state index in [0.29, 0.717) is 53.0 Å². The quantitative estimate of drug-likeness (QED) is 0.287. The number of carbonyl (C=O) groups excluding carboxylic acids is 2. The Bertz CT molecular complexity index is 1300. The maximum atomic E-state index is 13.9. The molecule has 0 fully saturated rings. The maximum absolute atomic E-state index is 13.9. The lowest BCUT2D eigenvalue weighted by Crippen LogP contribution is -2.38. The second kappa shape index (κ2) is 12.4. The van der Waals surface area contributed by atoms with Gasteiger partial charge >= 0.3 is 5.97 Å². The molecule has 2 aliphatic rings. The molecule has 0 N–H and O–H groups in total. The first-order valence-corrected chi connectivity index (χ1v) is 13.3. The average molecular weight is 536 g/mol. The van der Waals surface area contributed by atoms with Crippen molar-refractivity contribution in [1.82, 2.24) is 0 Å². The first kappa shape index (κ1) is 28.2. The Morgan fingerprint density at radius 3 is 2.33 bits per heavy atom. The van der Waals surface area contributed by atoms with E-state index >= 15 is 0 Å². The molecule has 0 amide bonds. The number of allylic oxidation sites excluding steroid dienone is 2. The lowest BCUT2D eigenvalue weighted by Gasteiger charge is -2.37. The van der Waals surface area contributed by atoms with Crippen molar-refractivity contribution >= 4 is 17.5 Å². The van der Waals surface area contributed by atoms with Crippen LogP contribution in [0.3, 0.4) is 0 Å². The minimum absolute atomic E-state index is 0.0403. The van der Waals surface area contributed by atoms with Crippen LogP contribution in [0.25, 0.3) is 0 Å². The van der Waals surface area contributed by atoms with Crippen LogP contribution in [0.15, 0.2) is 52.7 Å². The third-order valence-electron chi connectivity index (χ3n) is 7.54. The van der Waals surface area contributed by atoms with Crippen LogP contribution >= 0.6 is 0 Å². The fourth-order valence-electron chi connectivity index (χ4n) is 5.53. The molecule has 208 valence electrons. The Morgan fingerprint density at radius 2 is 1.67 bits per heavy atom. The average Bonchev–Trinajstić information content (AvgIpc) is 2.95. The topological polar surface area (TPSA) is 92.7 Å². The summed E-state index contributed by atoms with van der Waals surface area (Å²) in [5.41, 5.74) is 3.58. The van der Waals surface area contributed by atoms with E-state index in [2.05, 4.69) is 0 Å². The van der Waals surface area contributed by atoms with Crippen molar-refractivity contribution in [1.29, 1.82) is 0 Å². The number of rotatable bonds is 10. The molecular weight excluding hydrogens is 498 g/mol. The molecule has 4 rings (SSSR count). The van der Waals surface area contributed by atoms with Crippen molar-refractivity contribution in [3.05, 3.63) is 58.8 Å². The van der Waals surface area contributed by atoms with Crippen molar-refractivity contribution < 1.29 is 33.3 Å². The number of aliphatic imine (C=N–C) groups is 1. The predicted octanol–water partition coefficient (Wildman–Crippen LogP) is 5.64. The molecule has 1 heterocycles. The fraction of sp³-hybridized carbons (Fsp3) is 0.452. The Hall–Kier alpha value is -3.81. The van der Waals surface area contributed by atoms with Gasteiger partial charge in [-0.3, -0.25) is 14.6 Å². The largest absolute Gasteiger partial charge is 0.497 e. The molecule has 0 saturated heterocycles. The van der Waals surface area contributed by atoms with E-state index in [1.165, 1.54) is 0 Å². The SMILES string of the molecule is CCCCOC(=O)C1C(C)=NC2=C(C(=O)C[C@H](c3ccc(OC)c(OC)c3)C2)[C@@H]1c1ccc(OC)cc1OC. The van der Waals surface area contributed by atoms with Crippen LogP contribution in [0.1, 0.15) is 62.5 Å². The minimum Gasteiger partial charge on any atom is -0.497 e. The number of Topliss-reactive ketones (excluding diaryl/α,β-unsaturated/α-hetero) is 1. The summed E-state index contributed by atoms with van der Waals surface area (Å²) in [5, 5.41) is 0. The summed E-state index contributed by atoms with van der Waals surface area (Å²) >= 11 is 0. The maximum Gasteiger partial charge on any atom is 0.315 e. The number of ether oxygens (including phenoxy) is 5. The van der Waals surface area contributed by atoms with Gasteiger partial charge in [-0.25, -0.2) is 0 Å². The number of carbonyl (C=O) groups is 2. The molecule has 3 atom stereocenters. The van der Waals surface area contributed by atoms with Gasteiger partial charge in [0.05, 0.1) is 35.0 Å².